The van der Waals surface area contributed by atoms with Crippen molar-refractivity contribution in [3.05, 3.63) is 42.0 Å². The van der Waals surface area contributed by atoms with Crippen LogP contribution in [0.1, 0.15) is 24.0 Å². The molecular weight excluding hydrogens is 294 g/mol. The predicted octanol–water partition coefficient (Wildman–Crippen LogP) is 3.11. The molecule has 0 aromatic heterocycles. The summed E-state index contributed by atoms with van der Waals surface area (Å²) in [5, 5.41) is 0. The van der Waals surface area contributed by atoms with Crippen LogP contribution in [0.15, 0.2) is 30.8 Å². The quantitative estimate of drug-likeness (QED) is 0.636. The van der Waals surface area contributed by atoms with Gasteiger partial charge in [0.05, 0.1) is 0 Å². The maximum Gasteiger partial charge on any atom is 0.500 e. The topological polar surface area (TPSA) is 53.7 Å². The van der Waals surface area contributed by atoms with E-state index in [4.69, 9.17) is 19.0 Å². The van der Waals surface area contributed by atoms with Crippen molar-refractivity contribution in [2.75, 3.05) is 27.9 Å². The van der Waals surface area contributed by atoms with Gasteiger partial charge in [0, 0.05) is 27.4 Å². The second kappa shape index (κ2) is 9.92. The third-order valence-electron chi connectivity index (χ3n) is 4.10. The smallest absolute Gasteiger partial charge is 0.377 e. The van der Waals surface area contributed by atoms with Crippen molar-refractivity contribution in [3.8, 4) is 0 Å². The van der Waals surface area contributed by atoms with E-state index in [1.54, 1.807) is 21.3 Å². The molecule has 1 atom stereocenters. The minimum absolute atomic E-state index is 0.465. The molecule has 1 aromatic rings. The standard InChI is InChI=1S/C17H29NO3Si/c1-5-15-8-10-16(11-9-15)13-17(14-18)7-6-12-22(19-2,20-3)21-4/h5,8-11,17H,1,6-7,12-14,18H2,2-4H3. The van der Waals surface area contributed by atoms with E-state index in [1.807, 2.05) is 6.08 Å². The number of nitrogens with two attached hydrogens (primary N) is 1. The van der Waals surface area contributed by atoms with Crippen LogP contribution < -0.4 is 5.73 Å². The molecule has 0 amide bonds. The second-order valence-electron chi connectivity index (χ2n) is 5.44. The molecule has 2 N–H and O–H groups in total. The average molecular weight is 324 g/mol. The summed E-state index contributed by atoms with van der Waals surface area (Å²) in [6.07, 6.45) is 4.89. The molecule has 0 fully saturated rings. The molecule has 0 aliphatic heterocycles. The van der Waals surface area contributed by atoms with Gasteiger partial charge in [0.1, 0.15) is 0 Å². The molecule has 0 spiro atoms. The van der Waals surface area contributed by atoms with E-state index in [0.717, 1.165) is 30.9 Å². The molecule has 0 bridgehead atoms. The third-order valence-corrected chi connectivity index (χ3v) is 6.93. The van der Waals surface area contributed by atoms with Crippen molar-refractivity contribution in [2.24, 2.45) is 11.7 Å². The zero-order valence-electron chi connectivity index (χ0n) is 14.0. The molecule has 4 nitrogen and oxygen atoms in total. The molecule has 22 heavy (non-hydrogen) atoms. The van der Waals surface area contributed by atoms with Gasteiger partial charge in [-0.05, 0) is 42.9 Å². The molecule has 1 unspecified atom stereocenters. The Morgan fingerprint density at radius 1 is 1.14 bits per heavy atom. The Morgan fingerprint density at radius 2 is 1.73 bits per heavy atom. The van der Waals surface area contributed by atoms with Gasteiger partial charge in [-0.3, -0.25) is 0 Å². The van der Waals surface area contributed by atoms with Crippen LogP contribution in [0.5, 0.6) is 0 Å². The highest BCUT2D eigenvalue weighted by atomic mass is 28.4. The van der Waals surface area contributed by atoms with Crippen LogP contribution in [0.25, 0.3) is 6.08 Å². The van der Waals surface area contributed by atoms with Crippen molar-refractivity contribution in [3.63, 3.8) is 0 Å². The molecule has 1 aromatic carbocycles. The van der Waals surface area contributed by atoms with Crippen LogP contribution in [0, 0.1) is 5.92 Å². The van der Waals surface area contributed by atoms with E-state index in [2.05, 4.69) is 30.8 Å². The van der Waals surface area contributed by atoms with Crippen LogP contribution in [-0.4, -0.2) is 36.7 Å². The molecule has 0 saturated carbocycles. The average Bonchev–Trinajstić information content (AvgIpc) is 2.58. The number of hydrogen-bond donors (Lipinski definition) is 1. The minimum atomic E-state index is -2.45. The van der Waals surface area contributed by atoms with E-state index in [0.29, 0.717) is 12.5 Å². The molecular formula is C17H29NO3Si. The van der Waals surface area contributed by atoms with Gasteiger partial charge in [-0.25, -0.2) is 0 Å². The van der Waals surface area contributed by atoms with Crippen LogP contribution in [0.3, 0.4) is 0 Å². The van der Waals surface area contributed by atoms with Crippen LogP contribution in [0.4, 0.5) is 0 Å². The van der Waals surface area contributed by atoms with Gasteiger partial charge >= 0.3 is 8.80 Å². The summed E-state index contributed by atoms with van der Waals surface area (Å²) < 4.78 is 16.3. The lowest BCUT2D eigenvalue weighted by molar-refractivity contribution is 0.122. The molecule has 1 rings (SSSR count). The lowest BCUT2D eigenvalue weighted by atomic mass is 9.95. The predicted molar refractivity (Wildman–Crippen MR) is 93.6 cm³/mol. The Bertz CT molecular complexity index is 424. The molecule has 5 heteroatoms. The van der Waals surface area contributed by atoms with Gasteiger partial charge < -0.3 is 19.0 Å². The Hall–Kier alpha value is -0.983. The number of rotatable bonds is 11. The van der Waals surface area contributed by atoms with Crippen molar-refractivity contribution >= 4 is 14.9 Å². The Kier molecular flexibility index (Phi) is 8.59. The summed E-state index contributed by atoms with van der Waals surface area (Å²) in [5.41, 5.74) is 8.38. The minimum Gasteiger partial charge on any atom is -0.377 e. The maximum atomic E-state index is 5.93. The van der Waals surface area contributed by atoms with Crippen molar-refractivity contribution in [1.29, 1.82) is 0 Å². The number of hydrogen-bond acceptors (Lipinski definition) is 4. The van der Waals surface area contributed by atoms with Crippen LogP contribution in [-0.2, 0) is 19.7 Å². The summed E-state index contributed by atoms with van der Waals surface area (Å²) in [4.78, 5) is 0. The van der Waals surface area contributed by atoms with Gasteiger partial charge in [-0.15, -0.1) is 0 Å². The van der Waals surface area contributed by atoms with Crippen LogP contribution >= 0.6 is 0 Å². The SMILES string of the molecule is C=Cc1ccc(CC(CN)CCC[Si](OC)(OC)OC)cc1. The van der Waals surface area contributed by atoms with E-state index >= 15 is 0 Å². The Labute approximate surface area is 135 Å². The molecule has 0 aliphatic carbocycles. The van der Waals surface area contributed by atoms with Gasteiger partial charge in [0.25, 0.3) is 0 Å². The van der Waals surface area contributed by atoms with Crippen molar-refractivity contribution in [2.45, 2.75) is 25.3 Å². The van der Waals surface area contributed by atoms with Crippen LogP contribution in [0.2, 0.25) is 6.04 Å². The summed E-state index contributed by atoms with van der Waals surface area (Å²) in [7, 11) is 2.51. The largest absolute Gasteiger partial charge is 0.500 e. The first-order valence-corrected chi connectivity index (χ1v) is 9.63. The first kappa shape index (κ1) is 19.1. The van der Waals surface area contributed by atoms with Crippen molar-refractivity contribution < 1.29 is 13.3 Å². The molecule has 0 heterocycles. The normalized spacial score (nSPS) is 13.1. The van der Waals surface area contributed by atoms with E-state index in [1.165, 1.54) is 5.56 Å². The Balaban J connectivity index is 2.49. The summed E-state index contributed by atoms with van der Waals surface area (Å²) in [6.45, 7) is 4.46. The van der Waals surface area contributed by atoms with Gasteiger partial charge in [-0.2, -0.15) is 0 Å². The second-order valence-corrected chi connectivity index (χ2v) is 8.53. The molecule has 124 valence electrons. The molecule has 0 radical (unpaired) electrons. The van der Waals surface area contributed by atoms with Gasteiger partial charge in [0.15, 0.2) is 0 Å². The highest BCUT2D eigenvalue weighted by Gasteiger charge is 2.37. The first-order chi connectivity index (χ1) is 10.6. The lowest BCUT2D eigenvalue weighted by Crippen LogP contribution is -2.42. The Morgan fingerprint density at radius 3 is 2.18 bits per heavy atom. The maximum absolute atomic E-state index is 5.93. The lowest BCUT2D eigenvalue weighted by Gasteiger charge is -2.25. The van der Waals surface area contributed by atoms with E-state index in [9.17, 15) is 0 Å². The van der Waals surface area contributed by atoms with E-state index < -0.39 is 8.80 Å². The zero-order valence-corrected chi connectivity index (χ0v) is 15.0. The molecule has 0 saturated heterocycles. The molecule has 0 aliphatic rings. The fourth-order valence-electron chi connectivity index (χ4n) is 2.59. The highest BCUT2D eigenvalue weighted by molar-refractivity contribution is 6.60. The fraction of sp³-hybridized carbons (Fsp3) is 0.529. The van der Waals surface area contributed by atoms with Crippen molar-refractivity contribution in [1.82, 2.24) is 0 Å². The number of benzene rings is 1. The monoisotopic (exact) mass is 323 g/mol. The third kappa shape index (κ3) is 5.66. The van der Waals surface area contributed by atoms with Gasteiger partial charge in [-0.1, -0.05) is 36.9 Å². The summed E-state index contributed by atoms with van der Waals surface area (Å²) in [5.74, 6) is 0.465. The summed E-state index contributed by atoms with van der Waals surface area (Å²) >= 11 is 0. The first-order valence-electron chi connectivity index (χ1n) is 7.70. The zero-order chi connectivity index (χ0) is 16.4. The summed E-state index contributed by atoms with van der Waals surface area (Å²) in [6, 6.07) is 9.31. The van der Waals surface area contributed by atoms with E-state index in [-0.39, 0.29) is 0 Å². The fourth-order valence-corrected chi connectivity index (χ4v) is 4.34. The van der Waals surface area contributed by atoms with Gasteiger partial charge in [0.2, 0.25) is 0 Å². The highest BCUT2D eigenvalue weighted by Crippen LogP contribution is 2.21.